The molecule has 2 heterocycles. The molecule has 0 N–H and O–H groups in total. The average Bonchev–Trinajstić information content (AvgIpc) is 2.74. The summed E-state index contributed by atoms with van der Waals surface area (Å²) >= 11 is 0. The molecule has 0 fully saturated rings. The van der Waals surface area contributed by atoms with E-state index in [2.05, 4.69) is 72.2 Å². The number of aryl methyl sites for hydroxylation is 3. The Morgan fingerprint density at radius 1 is 0.897 bits per heavy atom. The number of aromatic nitrogens is 2. The monoisotopic (exact) mass is 388 g/mol. The molecule has 1 aromatic heterocycles. The predicted molar refractivity (Wildman–Crippen MR) is 118 cm³/mol. The quantitative estimate of drug-likeness (QED) is 0.668. The summed E-state index contributed by atoms with van der Waals surface area (Å²) in [5.74, 6) is 0.725. The minimum atomic E-state index is 0.0382. The Bertz CT molecular complexity index is 1070. The lowest BCUT2D eigenvalue weighted by molar-refractivity contribution is 0.190. The Morgan fingerprint density at radius 3 is 2.21 bits per heavy atom. The SMILES string of the molecule is CCc1ccc(N2CN(Cc3ccc(C)cc3)Cn3c2nc(C)c(C)c3=O)cc1. The molecule has 0 bridgehead atoms. The lowest BCUT2D eigenvalue weighted by atomic mass is 10.1. The number of benzene rings is 2. The Labute approximate surface area is 172 Å². The van der Waals surface area contributed by atoms with Crippen LogP contribution in [0.5, 0.6) is 0 Å². The largest absolute Gasteiger partial charge is 0.298 e. The molecule has 2 aromatic carbocycles. The maximum absolute atomic E-state index is 13.0. The lowest BCUT2D eigenvalue weighted by Crippen LogP contribution is -2.47. The normalized spacial score (nSPS) is 14.1. The summed E-state index contributed by atoms with van der Waals surface area (Å²) in [5, 5.41) is 0. The minimum absolute atomic E-state index is 0.0382. The zero-order chi connectivity index (χ0) is 20.5. The van der Waals surface area contributed by atoms with Crippen LogP contribution in [0, 0.1) is 20.8 Å². The highest BCUT2D eigenvalue weighted by atomic mass is 16.1. The molecule has 150 valence electrons. The molecule has 1 aliphatic heterocycles. The molecule has 4 rings (SSSR count). The average molecular weight is 389 g/mol. The van der Waals surface area contributed by atoms with Gasteiger partial charge in [0.15, 0.2) is 0 Å². The molecule has 0 saturated carbocycles. The molecular weight excluding hydrogens is 360 g/mol. The van der Waals surface area contributed by atoms with Crippen LogP contribution < -0.4 is 10.5 Å². The third kappa shape index (κ3) is 3.83. The number of hydrogen-bond acceptors (Lipinski definition) is 4. The zero-order valence-electron chi connectivity index (χ0n) is 17.6. The van der Waals surface area contributed by atoms with E-state index >= 15 is 0 Å². The molecule has 0 aliphatic carbocycles. The van der Waals surface area contributed by atoms with Gasteiger partial charge in [0.1, 0.15) is 0 Å². The van der Waals surface area contributed by atoms with Crippen LogP contribution in [-0.4, -0.2) is 21.1 Å². The molecule has 3 aromatic rings. The summed E-state index contributed by atoms with van der Waals surface area (Å²) in [6.45, 7) is 10.0. The van der Waals surface area contributed by atoms with Gasteiger partial charge in [-0.1, -0.05) is 48.9 Å². The Balaban J connectivity index is 1.74. The van der Waals surface area contributed by atoms with Crippen LogP contribution in [0.1, 0.15) is 34.9 Å². The third-order valence-electron chi connectivity index (χ3n) is 5.73. The van der Waals surface area contributed by atoms with E-state index < -0.39 is 0 Å². The number of fused-ring (bicyclic) bond motifs is 1. The van der Waals surface area contributed by atoms with Crippen LogP contribution in [0.25, 0.3) is 0 Å². The summed E-state index contributed by atoms with van der Waals surface area (Å²) in [7, 11) is 0. The van der Waals surface area contributed by atoms with Gasteiger partial charge in [-0.05, 0) is 50.5 Å². The van der Waals surface area contributed by atoms with Crippen molar-refractivity contribution in [2.24, 2.45) is 0 Å². The van der Waals surface area contributed by atoms with E-state index in [-0.39, 0.29) is 5.56 Å². The highest BCUT2D eigenvalue weighted by Crippen LogP contribution is 2.28. The summed E-state index contributed by atoms with van der Waals surface area (Å²) in [4.78, 5) is 22.2. The third-order valence-corrected chi connectivity index (χ3v) is 5.73. The van der Waals surface area contributed by atoms with E-state index in [9.17, 15) is 4.79 Å². The first-order chi connectivity index (χ1) is 14.0. The first kappa shape index (κ1) is 19.4. The summed E-state index contributed by atoms with van der Waals surface area (Å²) in [5.41, 5.74) is 6.39. The molecule has 0 unspecified atom stereocenters. The van der Waals surface area contributed by atoms with Crippen molar-refractivity contribution < 1.29 is 0 Å². The van der Waals surface area contributed by atoms with Crippen molar-refractivity contribution in [3.05, 3.63) is 86.8 Å². The van der Waals surface area contributed by atoms with Gasteiger partial charge in [0, 0.05) is 23.5 Å². The van der Waals surface area contributed by atoms with E-state index in [4.69, 9.17) is 4.98 Å². The molecule has 29 heavy (non-hydrogen) atoms. The van der Waals surface area contributed by atoms with E-state index in [1.807, 2.05) is 13.8 Å². The summed E-state index contributed by atoms with van der Waals surface area (Å²) in [6, 6.07) is 17.1. The number of hydrogen-bond donors (Lipinski definition) is 0. The number of anilines is 2. The van der Waals surface area contributed by atoms with Crippen LogP contribution >= 0.6 is 0 Å². The van der Waals surface area contributed by atoms with Crippen LogP contribution in [0.4, 0.5) is 11.6 Å². The second kappa shape index (κ2) is 7.84. The topological polar surface area (TPSA) is 41.4 Å². The van der Waals surface area contributed by atoms with Crippen LogP contribution in [0.3, 0.4) is 0 Å². The van der Waals surface area contributed by atoms with Crippen LogP contribution in [0.15, 0.2) is 53.3 Å². The van der Waals surface area contributed by atoms with E-state index in [0.29, 0.717) is 18.9 Å². The van der Waals surface area contributed by atoms with E-state index in [1.54, 1.807) is 4.57 Å². The minimum Gasteiger partial charge on any atom is -0.298 e. The molecule has 0 atom stereocenters. The van der Waals surface area contributed by atoms with Crippen LogP contribution in [0.2, 0.25) is 0 Å². The van der Waals surface area contributed by atoms with Crippen molar-refractivity contribution in [1.29, 1.82) is 0 Å². The van der Waals surface area contributed by atoms with Crippen molar-refractivity contribution in [1.82, 2.24) is 14.5 Å². The highest BCUT2D eigenvalue weighted by Gasteiger charge is 2.27. The molecule has 0 radical (unpaired) electrons. The molecule has 0 spiro atoms. The fourth-order valence-electron chi connectivity index (χ4n) is 3.74. The molecule has 0 amide bonds. The van der Waals surface area contributed by atoms with Gasteiger partial charge in [0.05, 0.1) is 13.3 Å². The van der Waals surface area contributed by atoms with Gasteiger partial charge in [0.25, 0.3) is 5.56 Å². The van der Waals surface area contributed by atoms with E-state index in [0.717, 1.165) is 30.3 Å². The van der Waals surface area contributed by atoms with Gasteiger partial charge in [-0.15, -0.1) is 0 Å². The highest BCUT2D eigenvalue weighted by molar-refractivity contribution is 5.59. The maximum Gasteiger partial charge on any atom is 0.259 e. The molecule has 1 aliphatic rings. The van der Waals surface area contributed by atoms with Crippen molar-refractivity contribution in [3.8, 4) is 0 Å². The van der Waals surface area contributed by atoms with Crippen molar-refractivity contribution in [2.45, 2.75) is 47.3 Å². The smallest absolute Gasteiger partial charge is 0.259 e. The zero-order valence-corrected chi connectivity index (χ0v) is 17.6. The van der Waals surface area contributed by atoms with Gasteiger partial charge in [-0.2, -0.15) is 0 Å². The number of rotatable bonds is 4. The lowest BCUT2D eigenvalue weighted by Gasteiger charge is -2.38. The van der Waals surface area contributed by atoms with Crippen molar-refractivity contribution in [3.63, 3.8) is 0 Å². The van der Waals surface area contributed by atoms with Gasteiger partial charge in [0.2, 0.25) is 5.95 Å². The van der Waals surface area contributed by atoms with E-state index in [1.165, 1.54) is 16.7 Å². The Hall–Kier alpha value is -2.92. The summed E-state index contributed by atoms with van der Waals surface area (Å²) < 4.78 is 1.80. The standard InChI is InChI=1S/C24H28N4O/c1-5-20-10-12-22(13-11-20)27-15-26(14-21-8-6-17(2)7-9-21)16-28-23(29)18(3)19(4)25-24(27)28/h6-13H,5,14-16H2,1-4H3. The summed E-state index contributed by atoms with van der Waals surface area (Å²) in [6.07, 6.45) is 1.01. The second-order valence-corrected chi connectivity index (χ2v) is 7.90. The predicted octanol–water partition coefficient (Wildman–Crippen LogP) is 4.30. The first-order valence-corrected chi connectivity index (χ1v) is 10.2. The van der Waals surface area contributed by atoms with Gasteiger partial charge < -0.3 is 0 Å². The maximum atomic E-state index is 13.0. The molecule has 5 heteroatoms. The molecule has 5 nitrogen and oxygen atoms in total. The second-order valence-electron chi connectivity index (χ2n) is 7.90. The fourth-order valence-corrected chi connectivity index (χ4v) is 3.74. The Morgan fingerprint density at radius 2 is 1.55 bits per heavy atom. The Kier molecular flexibility index (Phi) is 5.24. The molecular formula is C24H28N4O. The van der Waals surface area contributed by atoms with Gasteiger partial charge in [-0.3, -0.25) is 19.2 Å². The molecule has 0 saturated heterocycles. The van der Waals surface area contributed by atoms with Crippen molar-refractivity contribution >= 4 is 11.6 Å². The first-order valence-electron chi connectivity index (χ1n) is 10.2. The van der Waals surface area contributed by atoms with Crippen LogP contribution in [-0.2, 0) is 19.6 Å². The fraction of sp³-hybridized carbons (Fsp3) is 0.333. The van der Waals surface area contributed by atoms with Gasteiger partial charge in [-0.25, -0.2) is 4.98 Å². The van der Waals surface area contributed by atoms with Gasteiger partial charge >= 0.3 is 0 Å². The van der Waals surface area contributed by atoms with Crippen molar-refractivity contribution in [2.75, 3.05) is 11.6 Å². The number of nitrogens with zero attached hydrogens (tertiary/aromatic N) is 4.